The van der Waals surface area contributed by atoms with Gasteiger partial charge in [0.05, 0.1) is 10.9 Å². The van der Waals surface area contributed by atoms with Crippen molar-refractivity contribution < 1.29 is 13.2 Å². The van der Waals surface area contributed by atoms with Crippen LogP contribution in [0.5, 0.6) is 0 Å². The molecule has 0 unspecified atom stereocenters. The molecule has 2 atom stereocenters. The third-order valence-electron chi connectivity index (χ3n) is 5.50. The molecule has 0 bridgehead atoms. The number of benzene rings is 3. The number of nitrogens with one attached hydrogen (secondary N) is 2. The quantitative estimate of drug-likeness (QED) is 0.387. The molecule has 1 amide bonds. The number of aryl methyl sites for hydroxylation is 1. The van der Waals surface area contributed by atoms with Crippen molar-refractivity contribution in [2.75, 3.05) is 6.26 Å². The first-order chi connectivity index (χ1) is 15.8. The van der Waals surface area contributed by atoms with Crippen molar-refractivity contribution >= 4 is 27.7 Å². The average Bonchev–Trinajstić information content (AvgIpc) is 2.83. The summed E-state index contributed by atoms with van der Waals surface area (Å²) < 4.78 is 28.1. The molecular formula is C26H30N2O3S2. The minimum atomic E-state index is -3.64. The lowest BCUT2D eigenvalue weighted by Gasteiger charge is -2.15. The van der Waals surface area contributed by atoms with Crippen molar-refractivity contribution in [1.29, 1.82) is 0 Å². The molecule has 0 saturated carbocycles. The molecule has 3 aromatic carbocycles. The van der Waals surface area contributed by atoms with Gasteiger partial charge in [-0.2, -0.15) is 0 Å². The Balaban J connectivity index is 1.52. The smallest absolute Gasteiger partial charge is 0.241 e. The number of amides is 1. The van der Waals surface area contributed by atoms with Crippen molar-refractivity contribution in [2.24, 2.45) is 0 Å². The average molecular weight is 483 g/mol. The molecule has 7 heteroatoms. The zero-order valence-electron chi connectivity index (χ0n) is 19.1. The van der Waals surface area contributed by atoms with Gasteiger partial charge in [-0.1, -0.05) is 54.6 Å². The maximum Gasteiger partial charge on any atom is 0.241 e. The van der Waals surface area contributed by atoms with Crippen LogP contribution in [-0.4, -0.2) is 20.6 Å². The highest BCUT2D eigenvalue weighted by atomic mass is 32.2. The summed E-state index contributed by atoms with van der Waals surface area (Å²) in [6.07, 6.45) is 2.91. The monoisotopic (exact) mass is 482 g/mol. The van der Waals surface area contributed by atoms with Crippen molar-refractivity contribution in [2.45, 2.75) is 48.6 Å². The van der Waals surface area contributed by atoms with E-state index in [-0.39, 0.29) is 22.9 Å². The van der Waals surface area contributed by atoms with Gasteiger partial charge < -0.3 is 5.32 Å². The lowest BCUT2D eigenvalue weighted by atomic mass is 10.1. The first-order valence-electron chi connectivity index (χ1n) is 10.9. The maximum absolute atomic E-state index is 12.7. The number of hydrogen-bond acceptors (Lipinski definition) is 4. The number of sulfonamides is 1. The van der Waals surface area contributed by atoms with Gasteiger partial charge in [0, 0.05) is 17.4 Å². The van der Waals surface area contributed by atoms with Crippen LogP contribution >= 0.6 is 11.8 Å². The fourth-order valence-corrected chi connectivity index (χ4v) is 5.13. The summed E-state index contributed by atoms with van der Waals surface area (Å²) in [6, 6.07) is 23.9. The predicted molar refractivity (Wildman–Crippen MR) is 135 cm³/mol. The van der Waals surface area contributed by atoms with Crippen LogP contribution < -0.4 is 10.0 Å². The molecule has 5 nitrogen and oxygen atoms in total. The van der Waals surface area contributed by atoms with Gasteiger partial charge >= 0.3 is 0 Å². The second-order valence-corrected chi connectivity index (χ2v) is 10.6. The molecule has 0 spiro atoms. The summed E-state index contributed by atoms with van der Waals surface area (Å²) in [5, 5.41) is 3.03. The van der Waals surface area contributed by atoms with Gasteiger partial charge in [0.15, 0.2) is 0 Å². The van der Waals surface area contributed by atoms with Crippen LogP contribution in [0.15, 0.2) is 88.7 Å². The topological polar surface area (TPSA) is 75.3 Å². The summed E-state index contributed by atoms with van der Waals surface area (Å²) in [4.78, 5) is 13.8. The maximum atomic E-state index is 12.7. The van der Waals surface area contributed by atoms with E-state index >= 15 is 0 Å². The molecule has 0 aliphatic heterocycles. The van der Waals surface area contributed by atoms with E-state index in [0.717, 1.165) is 16.7 Å². The van der Waals surface area contributed by atoms with Gasteiger partial charge in [-0.25, -0.2) is 13.1 Å². The van der Waals surface area contributed by atoms with Crippen molar-refractivity contribution in [3.63, 3.8) is 0 Å². The molecule has 0 heterocycles. The van der Waals surface area contributed by atoms with E-state index in [0.29, 0.717) is 12.8 Å². The standard InChI is InChI=1S/C26H30N2O3S2/c1-19(23-12-14-24(32-3)15-13-23)27-26(29)18-11-21-9-16-25(17-10-21)33(30,31)28-20(2)22-7-5-4-6-8-22/h4-10,12-17,19-20,28H,11,18H2,1-3H3,(H,27,29)/t19-,20-/m1/s1. The van der Waals surface area contributed by atoms with Crippen LogP contribution in [-0.2, 0) is 21.2 Å². The lowest BCUT2D eigenvalue weighted by molar-refractivity contribution is -0.121. The van der Waals surface area contributed by atoms with Gasteiger partial charge in [-0.15, -0.1) is 11.8 Å². The van der Waals surface area contributed by atoms with Crippen LogP contribution in [0.2, 0.25) is 0 Å². The summed E-state index contributed by atoms with van der Waals surface area (Å²) in [6.45, 7) is 3.78. The van der Waals surface area contributed by atoms with Crippen LogP contribution in [0, 0.1) is 0 Å². The fraction of sp³-hybridized carbons (Fsp3) is 0.269. The third kappa shape index (κ3) is 7.19. The molecule has 3 aromatic rings. The SMILES string of the molecule is CSc1ccc([C@@H](C)NC(=O)CCc2ccc(S(=O)(=O)N[C@H](C)c3ccccc3)cc2)cc1. The molecule has 3 rings (SSSR count). The Kier molecular flexibility index (Phi) is 8.72. The van der Waals surface area contributed by atoms with Crippen LogP contribution in [0.1, 0.15) is 49.0 Å². The Morgan fingerprint density at radius 1 is 0.848 bits per heavy atom. The van der Waals surface area contributed by atoms with Crippen molar-refractivity contribution in [1.82, 2.24) is 10.0 Å². The van der Waals surface area contributed by atoms with Gasteiger partial charge in [0.2, 0.25) is 15.9 Å². The van der Waals surface area contributed by atoms with E-state index in [1.165, 1.54) is 4.90 Å². The molecular weight excluding hydrogens is 452 g/mol. The Hall–Kier alpha value is -2.61. The largest absolute Gasteiger partial charge is 0.350 e. The van der Waals surface area contributed by atoms with Gasteiger partial charge in [0.1, 0.15) is 0 Å². The minimum Gasteiger partial charge on any atom is -0.350 e. The number of thioether (sulfide) groups is 1. The van der Waals surface area contributed by atoms with Gasteiger partial charge in [0.25, 0.3) is 0 Å². The van der Waals surface area contributed by atoms with Crippen LogP contribution in [0.25, 0.3) is 0 Å². The van der Waals surface area contributed by atoms with E-state index in [2.05, 4.69) is 10.0 Å². The summed E-state index contributed by atoms with van der Waals surface area (Å²) in [5.41, 5.74) is 2.88. The molecule has 0 aliphatic rings. The van der Waals surface area contributed by atoms with Crippen LogP contribution in [0.3, 0.4) is 0 Å². The minimum absolute atomic E-state index is 0.0357. The first kappa shape index (κ1) is 25.0. The van der Waals surface area contributed by atoms with Crippen molar-refractivity contribution in [3.05, 3.63) is 95.6 Å². The fourth-order valence-electron chi connectivity index (χ4n) is 3.49. The van der Waals surface area contributed by atoms with E-state index in [1.54, 1.807) is 36.0 Å². The molecule has 0 fully saturated rings. The van der Waals surface area contributed by atoms with E-state index < -0.39 is 10.0 Å². The van der Waals surface area contributed by atoms with Crippen molar-refractivity contribution in [3.8, 4) is 0 Å². The zero-order chi connectivity index (χ0) is 23.8. The highest BCUT2D eigenvalue weighted by Gasteiger charge is 2.18. The number of rotatable bonds is 10. The normalized spacial score (nSPS) is 13.3. The summed E-state index contributed by atoms with van der Waals surface area (Å²) in [5.74, 6) is -0.0357. The molecule has 0 aliphatic carbocycles. The number of carbonyl (C=O) groups excluding carboxylic acids is 1. The Bertz CT molecular complexity index is 1150. The third-order valence-corrected chi connectivity index (χ3v) is 7.80. The molecule has 0 saturated heterocycles. The van der Waals surface area contributed by atoms with E-state index in [9.17, 15) is 13.2 Å². The Labute approximate surface area is 201 Å². The van der Waals surface area contributed by atoms with Gasteiger partial charge in [-0.05, 0) is 67.5 Å². The van der Waals surface area contributed by atoms with E-state index in [4.69, 9.17) is 0 Å². The molecule has 0 aromatic heterocycles. The summed E-state index contributed by atoms with van der Waals surface area (Å²) in [7, 11) is -3.64. The Morgan fingerprint density at radius 3 is 2.06 bits per heavy atom. The first-order valence-corrected chi connectivity index (χ1v) is 13.6. The summed E-state index contributed by atoms with van der Waals surface area (Å²) >= 11 is 1.68. The highest BCUT2D eigenvalue weighted by molar-refractivity contribution is 7.98. The predicted octanol–water partition coefficient (Wildman–Crippen LogP) is 5.26. The molecule has 174 valence electrons. The second kappa shape index (κ2) is 11.5. The van der Waals surface area contributed by atoms with E-state index in [1.807, 2.05) is 74.7 Å². The number of hydrogen-bond donors (Lipinski definition) is 2. The van der Waals surface area contributed by atoms with Crippen LogP contribution in [0.4, 0.5) is 0 Å². The highest BCUT2D eigenvalue weighted by Crippen LogP contribution is 2.20. The van der Waals surface area contributed by atoms with Gasteiger partial charge in [-0.3, -0.25) is 4.79 Å². The number of carbonyl (C=O) groups is 1. The molecule has 2 N–H and O–H groups in total. The Morgan fingerprint density at radius 2 is 1.45 bits per heavy atom. The lowest BCUT2D eigenvalue weighted by Crippen LogP contribution is -2.27. The molecule has 33 heavy (non-hydrogen) atoms. The second-order valence-electron chi connectivity index (χ2n) is 7.96. The zero-order valence-corrected chi connectivity index (χ0v) is 20.7. The molecule has 0 radical (unpaired) electrons.